The van der Waals surface area contributed by atoms with Gasteiger partial charge in [0.2, 0.25) is 0 Å². The molecule has 0 saturated carbocycles. The van der Waals surface area contributed by atoms with Gasteiger partial charge in [-0.05, 0) is 48.5 Å². The van der Waals surface area contributed by atoms with Gasteiger partial charge < -0.3 is 77.0 Å². The van der Waals surface area contributed by atoms with E-state index in [2.05, 4.69) is 30.6 Å². The average molecular weight is 769 g/mol. The summed E-state index contributed by atoms with van der Waals surface area (Å²) < 4.78 is 0. The molecule has 2 N–H and O–H groups in total. The molecule has 4 heterocycles. The first-order valence-electron chi connectivity index (χ1n) is 12.3. The summed E-state index contributed by atoms with van der Waals surface area (Å²) in [5, 5.41) is 6.59. The smallest absolute Gasteiger partial charge is 0.373 e. The summed E-state index contributed by atoms with van der Waals surface area (Å²) in [4.78, 5) is 25.9. The van der Waals surface area contributed by atoms with Crippen molar-refractivity contribution in [2.24, 2.45) is 0 Å². The van der Waals surface area contributed by atoms with Gasteiger partial charge in [0.15, 0.2) is 0 Å². The predicted molar refractivity (Wildman–Crippen MR) is 178 cm³/mol. The van der Waals surface area contributed by atoms with E-state index in [1.807, 2.05) is 72.8 Å². The van der Waals surface area contributed by atoms with Crippen LogP contribution in [0.1, 0.15) is 22.8 Å². The van der Waals surface area contributed by atoms with Gasteiger partial charge in [0.05, 0.1) is 22.8 Å². The summed E-state index contributed by atoms with van der Waals surface area (Å²) in [6.45, 7) is 3.10. The van der Waals surface area contributed by atoms with Crippen LogP contribution in [0.3, 0.4) is 0 Å². The van der Waals surface area contributed by atoms with Crippen molar-refractivity contribution in [2.75, 3.05) is 0 Å². The van der Waals surface area contributed by atoms with Gasteiger partial charge in [-0.25, -0.2) is 0 Å². The van der Waals surface area contributed by atoms with Gasteiger partial charge in [0.1, 0.15) is 0 Å². The Balaban J connectivity index is -0.000000129. The van der Waals surface area contributed by atoms with Crippen molar-refractivity contribution in [1.82, 2.24) is 30.6 Å². The molecule has 0 aliphatic heterocycles. The summed E-state index contributed by atoms with van der Waals surface area (Å²) in [5.74, 6) is 0. The third-order valence-corrected chi connectivity index (χ3v) is 4.13. The first-order chi connectivity index (χ1) is 23.4. The van der Waals surface area contributed by atoms with E-state index in [-0.39, 0.29) is 33.6 Å². The summed E-state index contributed by atoms with van der Waals surface area (Å²) >= 11 is 0. The number of pyridine rings is 4. The number of hydrogen-bond acceptors (Lipinski definition) is 6. The number of nitrogens with zero attached hydrogens (tertiary/aromatic N) is 22. The summed E-state index contributed by atoms with van der Waals surface area (Å²) in [6, 6.07) is 23.7. The molecule has 4 rings (SSSR count). The molecule has 0 fully saturated rings. The van der Waals surface area contributed by atoms with Crippen LogP contribution in [0.15, 0.2) is 97.6 Å². The van der Waals surface area contributed by atoms with Crippen LogP contribution >= 0.6 is 0 Å². The molecule has 260 valence electrons. The molecule has 0 spiro atoms. The molecule has 0 amide bonds. The maximum Gasteiger partial charge on any atom is 3.00 e. The van der Waals surface area contributed by atoms with Crippen LogP contribution < -0.4 is 10.6 Å². The van der Waals surface area contributed by atoms with E-state index in [1.165, 1.54) is 29.5 Å². The largest absolute Gasteiger partial charge is 3.00 e. The second-order valence-electron chi connectivity index (χ2n) is 7.03. The van der Waals surface area contributed by atoms with E-state index in [1.54, 1.807) is 24.8 Å². The van der Waals surface area contributed by atoms with E-state index in [0.29, 0.717) is 0 Å². The van der Waals surface area contributed by atoms with E-state index in [9.17, 15) is 0 Å². The third kappa shape index (κ3) is 48.3. The van der Waals surface area contributed by atoms with E-state index in [0.717, 1.165) is 49.0 Å². The van der Waals surface area contributed by atoms with E-state index in [4.69, 9.17) is 66.4 Å². The summed E-state index contributed by atoms with van der Waals surface area (Å²) in [6.07, 6.45) is 7.21. The molecule has 0 aromatic carbocycles. The van der Waals surface area contributed by atoms with Crippen LogP contribution in [0, 0.1) is 0 Å². The third-order valence-electron chi connectivity index (χ3n) is 4.13. The maximum atomic E-state index is 6.75. The Labute approximate surface area is 305 Å². The van der Waals surface area contributed by atoms with Crippen molar-refractivity contribution in [3.8, 4) is 0 Å². The monoisotopic (exact) mass is 768 g/mol. The van der Waals surface area contributed by atoms with E-state index < -0.39 is 0 Å². The zero-order valence-corrected chi connectivity index (χ0v) is 27.7. The van der Waals surface area contributed by atoms with Crippen molar-refractivity contribution in [1.29, 1.82) is 0 Å². The fourth-order valence-electron chi connectivity index (χ4n) is 2.65. The average Bonchev–Trinajstić information content (AvgIpc) is 3.09. The molecular weight excluding hydrogens is 742 g/mol. The van der Waals surface area contributed by atoms with Crippen molar-refractivity contribution in [3.05, 3.63) is 216 Å². The molecule has 0 unspecified atom stereocenters. The quantitative estimate of drug-likeness (QED) is 0.100. The first kappa shape index (κ1) is 55.8. The Hall–Kier alpha value is -6.61. The first-order valence-corrected chi connectivity index (χ1v) is 12.3. The molecule has 0 aliphatic carbocycles. The number of aromatic nitrogens is 4. The molecule has 0 atom stereocenters. The Bertz CT molecular complexity index is 1240. The molecule has 50 heavy (non-hydrogen) atoms. The Morgan fingerprint density at radius 1 is 0.340 bits per heavy atom. The molecular formula is C24H26Co2N24. The van der Waals surface area contributed by atoms with Crippen LogP contribution in [0.2, 0.25) is 0 Å². The minimum Gasteiger partial charge on any atom is -0.373 e. The van der Waals surface area contributed by atoms with Crippen molar-refractivity contribution in [2.45, 2.75) is 26.2 Å². The molecule has 0 saturated heterocycles. The van der Waals surface area contributed by atoms with E-state index >= 15 is 0 Å². The molecule has 24 nitrogen and oxygen atoms in total. The molecule has 26 heteroatoms. The minimum atomic E-state index is 0. The van der Waals surface area contributed by atoms with Gasteiger partial charge >= 0.3 is 33.6 Å². The van der Waals surface area contributed by atoms with Gasteiger partial charge in [-0.15, -0.1) is 0 Å². The van der Waals surface area contributed by atoms with Crippen LogP contribution in [-0.4, -0.2) is 19.9 Å². The number of nitrogens with one attached hydrogen (secondary N) is 2. The molecule has 0 aliphatic rings. The van der Waals surface area contributed by atoms with Crippen LogP contribution in [0.25, 0.3) is 95.8 Å². The topological polar surface area (TPSA) is 428 Å². The van der Waals surface area contributed by atoms with Gasteiger partial charge in [0.25, 0.3) is 0 Å². The molecule has 4 aromatic rings. The molecule has 4 aromatic heterocycles. The van der Waals surface area contributed by atoms with Crippen molar-refractivity contribution in [3.63, 3.8) is 0 Å². The van der Waals surface area contributed by atoms with Gasteiger partial charge in [-0.3, -0.25) is 49.4 Å². The van der Waals surface area contributed by atoms with Crippen LogP contribution in [0.4, 0.5) is 0 Å². The Morgan fingerprint density at radius 2 is 0.500 bits per heavy atom. The van der Waals surface area contributed by atoms with Gasteiger partial charge in [-0.2, -0.15) is 0 Å². The summed E-state index contributed by atoms with van der Waals surface area (Å²) in [5.41, 5.74) is 85.2. The SMILES string of the molecule is [Co+3].[Co+3].[N-]=[N+]=[N-].[N-]=[N+]=[N-].[N-]=[N+]=[N-].[N-]=[N+]=[N-].[N-]=[N+]=[N-].[N-]=[N+]=[N-].c1ccc(CNCc2ccccn2)nc1.c1ccc(CNCc2ccccn2)nc1. The fourth-order valence-corrected chi connectivity index (χ4v) is 2.65. The van der Waals surface area contributed by atoms with Gasteiger partial charge in [0, 0.05) is 51.0 Å². The zero-order valence-electron chi connectivity index (χ0n) is 25.6. The predicted octanol–water partition coefficient (Wildman–Crippen LogP) is 8.72. The number of hydrogen-bond donors (Lipinski definition) is 2. The second kappa shape index (κ2) is 51.9. The van der Waals surface area contributed by atoms with Crippen molar-refractivity contribution >= 4 is 0 Å². The Kier molecular flexibility index (Phi) is 57.9. The molecule has 0 bridgehead atoms. The minimum absolute atomic E-state index is 0. The summed E-state index contributed by atoms with van der Waals surface area (Å²) in [7, 11) is 0. The standard InChI is InChI=1S/2C12H13N3.2Co.6N3/c2*1-3-7-14-11(5-1)9-13-10-12-6-2-4-8-15-12;;;6*1-3-2/h2*1-8,13H,9-10H2;;;;;;;;/q;;2*+3;6*-1. The van der Waals surface area contributed by atoms with Crippen LogP contribution in [0.5, 0.6) is 0 Å². The zero-order chi connectivity index (χ0) is 36.9. The van der Waals surface area contributed by atoms with Gasteiger partial charge in [-0.1, -0.05) is 24.3 Å². The molecule has 0 radical (unpaired) electrons. The normalized spacial score (nSPS) is 7.04. The van der Waals surface area contributed by atoms with Crippen molar-refractivity contribution < 1.29 is 33.6 Å². The number of rotatable bonds is 8. The van der Waals surface area contributed by atoms with Crippen LogP contribution in [-0.2, 0) is 59.7 Å². The Morgan fingerprint density at radius 3 is 0.620 bits per heavy atom. The maximum absolute atomic E-state index is 6.75. The fraction of sp³-hybridized carbons (Fsp3) is 0.167. The second-order valence-corrected chi connectivity index (χ2v) is 7.03.